The van der Waals surface area contributed by atoms with Gasteiger partial charge in [-0.25, -0.2) is 4.39 Å². The summed E-state index contributed by atoms with van der Waals surface area (Å²) >= 11 is 6.08. The van der Waals surface area contributed by atoms with Gasteiger partial charge in [-0.05, 0) is 35.1 Å². The van der Waals surface area contributed by atoms with Crippen LogP contribution in [-0.2, 0) is 5.41 Å². The van der Waals surface area contributed by atoms with Crippen molar-refractivity contribution >= 4 is 11.6 Å². The molecule has 1 nitrogen and oxygen atoms in total. The van der Waals surface area contributed by atoms with E-state index in [0.717, 1.165) is 12.0 Å². The molecule has 0 spiro atoms. The lowest BCUT2D eigenvalue weighted by Gasteiger charge is -2.24. The summed E-state index contributed by atoms with van der Waals surface area (Å²) in [6, 6.07) is 12.1. The Balaban J connectivity index is 2.35. The molecular weight excluding hydrogens is 285 g/mol. The average Bonchev–Trinajstić information content (AvgIpc) is 2.47. The quantitative estimate of drug-likeness (QED) is 0.824. The summed E-state index contributed by atoms with van der Waals surface area (Å²) < 4.78 is 13.9. The van der Waals surface area contributed by atoms with E-state index in [0.29, 0.717) is 10.6 Å². The zero-order valence-electron chi connectivity index (χ0n) is 12.7. The molecule has 1 unspecified atom stereocenters. The fourth-order valence-corrected chi connectivity index (χ4v) is 2.60. The van der Waals surface area contributed by atoms with Crippen LogP contribution < -0.4 is 5.73 Å². The third kappa shape index (κ3) is 3.28. The zero-order valence-corrected chi connectivity index (χ0v) is 13.4. The molecule has 1 atom stereocenters. The standard InChI is InChI=1S/C18H21ClFN/c1-4-18(2,3)13-10-8-12(9-11-13)17(21)16-14(19)6-5-7-15(16)20/h5-11,17H,4,21H2,1-3H3. The first kappa shape index (κ1) is 16.0. The summed E-state index contributed by atoms with van der Waals surface area (Å²) in [6.07, 6.45) is 1.05. The van der Waals surface area contributed by atoms with Gasteiger partial charge in [-0.2, -0.15) is 0 Å². The van der Waals surface area contributed by atoms with Crippen molar-refractivity contribution in [2.45, 2.75) is 38.6 Å². The molecule has 0 aliphatic heterocycles. The minimum atomic E-state index is -0.558. The number of benzene rings is 2. The molecule has 21 heavy (non-hydrogen) atoms. The Morgan fingerprint density at radius 3 is 2.29 bits per heavy atom. The van der Waals surface area contributed by atoms with E-state index in [4.69, 9.17) is 17.3 Å². The second-order valence-corrected chi connectivity index (χ2v) is 6.38. The molecule has 0 aromatic heterocycles. The van der Waals surface area contributed by atoms with Crippen LogP contribution in [-0.4, -0.2) is 0 Å². The molecule has 0 radical (unpaired) electrons. The van der Waals surface area contributed by atoms with Gasteiger partial charge in [-0.1, -0.05) is 62.7 Å². The van der Waals surface area contributed by atoms with Crippen molar-refractivity contribution in [2.75, 3.05) is 0 Å². The lowest BCUT2D eigenvalue weighted by atomic mass is 9.81. The van der Waals surface area contributed by atoms with Crippen molar-refractivity contribution in [1.29, 1.82) is 0 Å². The first-order chi connectivity index (χ1) is 9.86. The molecule has 0 fully saturated rings. The van der Waals surface area contributed by atoms with Gasteiger partial charge < -0.3 is 5.73 Å². The van der Waals surface area contributed by atoms with E-state index in [1.54, 1.807) is 12.1 Å². The Morgan fingerprint density at radius 2 is 1.76 bits per heavy atom. The van der Waals surface area contributed by atoms with Crippen molar-refractivity contribution < 1.29 is 4.39 Å². The minimum absolute atomic E-state index is 0.123. The van der Waals surface area contributed by atoms with Crippen LogP contribution in [0, 0.1) is 5.82 Å². The number of halogens is 2. The molecule has 112 valence electrons. The lowest BCUT2D eigenvalue weighted by molar-refractivity contribution is 0.506. The van der Waals surface area contributed by atoms with Crippen LogP contribution in [0.5, 0.6) is 0 Å². The number of nitrogens with two attached hydrogens (primary N) is 1. The van der Waals surface area contributed by atoms with Crippen molar-refractivity contribution in [3.8, 4) is 0 Å². The largest absolute Gasteiger partial charge is 0.320 e. The monoisotopic (exact) mass is 305 g/mol. The minimum Gasteiger partial charge on any atom is -0.320 e. The highest BCUT2D eigenvalue weighted by molar-refractivity contribution is 6.31. The van der Waals surface area contributed by atoms with Gasteiger partial charge in [0.25, 0.3) is 0 Å². The highest BCUT2D eigenvalue weighted by Crippen LogP contribution is 2.31. The van der Waals surface area contributed by atoms with E-state index < -0.39 is 6.04 Å². The summed E-state index contributed by atoms with van der Waals surface area (Å²) in [4.78, 5) is 0. The molecule has 0 saturated heterocycles. The smallest absolute Gasteiger partial charge is 0.129 e. The first-order valence-electron chi connectivity index (χ1n) is 7.16. The second kappa shape index (κ2) is 6.17. The Labute approximate surface area is 130 Å². The van der Waals surface area contributed by atoms with Gasteiger partial charge >= 0.3 is 0 Å². The van der Waals surface area contributed by atoms with Gasteiger partial charge in [-0.15, -0.1) is 0 Å². The van der Waals surface area contributed by atoms with Crippen LogP contribution >= 0.6 is 11.6 Å². The van der Waals surface area contributed by atoms with E-state index in [1.165, 1.54) is 11.6 Å². The van der Waals surface area contributed by atoms with Crippen LogP contribution in [0.4, 0.5) is 4.39 Å². The normalized spacial score (nSPS) is 13.2. The average molecular weight is 306 g/mol. The predicted octanol–water partition coefficient (Wildman–Crippen LogP) is 5.21. The molecule has 2 aromatic rings. The fraction of sp³-hybridized carbons (Fsp3) is 0.333. The topological polar surface area (TPSA) is 26.0 Å². The highest BCUT2D eigenvalue weighted by atomic mass is 35.5. The van der Waals surface area contributed by atoms with E-state index >= 15 is 0 Å². The molecule has 0 amide bonds. The van der Waals surface area contributed by atoms with Crippen LogP contribution in [0.1, 0.15) is 49.9 Å². The van der Waals surface area contributed by atoms with Gasteiger partial charge in [0.15, 0.2) is 0 Å². The van der Waals surface area contributed by atoms with Gasteiger partial charge in [-0.3, -0.25) is 0 Å². The van der Waals surface area contributed by atoms with E-state index in [-0.39, 0.29) is 11.2 Å². The molecule has 0 heterocycles. The molecule has 3 heteroatoms. The van der Waals surface area contributed by atoms with Gasteiger partial charge in [0.05, 0.1) is 6.04 Å². The second-order valence-electron chi connectivity index (χ2n) is 5.97. The Hall–Kier alpha value is -1.38. The Kier molecular flexibility index (Phi) is 4.70. The van der Waals surface area contributed by atoms with E-state index in [2.05, 4.69) is 32.9 Å². The predicted molar refractivity (Wildman–Crippen MR) is 87.2 cm³/mol. The van der Waals surface area contributed by atoms with Crippen LogP contribution in [0.25, 0.3) is 0 Å². The maximum Gasteiger partial charge on any atom is 0.129 e. The molecule has 0 bridgehead atoms. The molecule has 2 N–H and O–H groups in total. The first-order valence-corrected chi connectivity index (χ1v) is 7.54. The molecule has 2 rings (SSSR count). The molecule has 0 aliphatic rings. The van der Waals surface area contributed by atoms with Crippen LogP contribution in [0.15, 0.2) is 42.5 Å². The Bertz CT molecular complexity index is 599. The van der Waals surface area contributed by atoms with Crippen molar-refractivity contribution in [1.82, 2.24) is 0 Å². The van der Waals surface area contributed by atoms with Crippen LogP contribution in [0.2, 0.25) is 5.02 Å². The number of rotatable bonds is 4. The molecule has 0 saturated carbocycles. The van der Waals surface area contributed by atoms with Gasteiger partial charge in [0.2, 0.25) is 0 Å². The van der Waals surface area contributed by atoms with Crippen molar-refractivity contribution in [3.05, 3.63) is 70.0 Å². The highest BCUT2D eigenvalue weighted by Gasteiger charge is 2.20. The van der Waals surface area contributed by atoms with Gasteiger partial charge in [0.1, 0.15) is 5.82 Å². The Morgan fingerprint density at radius 1 is 1.14 bits per heavy atom. The maximum absolute atomic E-state index is 13.9. The third-order valence-electron chi connectivity index (χ3n) is 4.25. The van der Waals surface area contributed by atoms with Crippen molar-refractivity contribution in [2.24, 2.45) is 5.73 Å². The fourth-order valence-electron chi connectivity index (χ4n) is 2.32. The van der Waals surface area contributed by atoms with E-state index in [1.807, 2.05) is 12.1 Å². The number of hydrogen-bond acceptors (Lipinski definition) is 1. The summed E-state index contributed by atoms with van der Waals surface area (Å²) in [5.74, 6) is -0.368. The number of hydrogen-bond donors (Lipinski definition) is 1. The molecule has 0 aliphatic carbocycles. The van der Waals surface area contributed by atoms with Crippen molar-refractivity contribution in [3.63, 3.8) is 0 Å². The maximum atomic E-state index is 13.9. The summed E-state index contributed by atoms with van der Waals surface area (Å²) in [7, 11) is 0. The summed E-state index contributed by atoms with van der Waals surface area (Å²) in [5.41, 5.74) is 8.77. The van der Waals surface area contributed by atoms with Gasteiger partial charge in [0, 0.05) is 10.6 Å². The lowest BCUT2D eigenvalue weighted by Crippen LogP contribution is -2.17. The molecule has 2 aromatic carbocycles. The zero-order chi connectivity index (χ0) is 15.6. The summed E-state index contributed by atoms with van der Waals surface area (Å²) in [6.45, 7) is 6.57. The summed E-state index contributed by atoms with van der Waals surface area (Å²) in [5, 5.41) is 0.362. The van der Waals surface area contributed by atoms with E-state index in [9.17, 15) is 4.39 Å². The van der Waals surface area contributed by atoms with Crippen LogP contribution in [0.3, 0.4) is 0 Å². The third-order valence-corrected chi connectivity index (χ3v) is 4.58. The molecular formula is C18H21ClFN. The SMILES string of the molecule is CCC(C)(C)c1ccc(C(N)c2c(F)cccc2Cl)cc1.